The number of alkyl halides is 3. The topological polar surface area (TPSA) is 0 Å². The maximum absolute atomic E-state index is 14.3. The lowest BCUT2D eigenvalue weighted by molar-refractivity contribution is -0.190. The quantitative estimate of drug-likeness (QED) is 0.440. The molecule has 0 aromatic heterocycles. The second kappa shape index (κ2) is 2.37. The van der Waals surface area contributed by atoms with Gasteiger partial charge < -0.3 is 0 Å². The summed E-state index contributed by atoms with van der Waals surface area (Å²) in [6, 6.07) is 0. The monoisotopic (exact) mass is 228 g/mol. The minimum absolute atomic E-state index is 0.0684. The standard InChI is InChI=1S/C13H15F3/c1-12(14)8-5-9(13(12,15)16)11-7-3-2-6(4-7)10(8)11/h2-3,6-11H,4-5H2,1H3. The van der Waals surface area contributed by atoms with Crippen molar-refractivity contribution in [3.63, 3.8) is 0 Å². The van der Waals surface area contributed by atoms with Crippen LogP contribution in [0.5, 0.6) is 0 Å². The summed E-state index contributed by atoms with van der Waals surface area (Å²) in [6.45, 7) is 1.13. The number of rotatable bonds is 0. The van der Waals surface area contributed by atoms with Crippen molar-refractivity contribution in [1.82, 2.24) is 0 Å². The van der Waals surface area contributed by atoms with Crippen LogP contribution in [0.1, 0.15) is 19.8 Å². The molecule has 0 N–H and O–H groups in total. The van der Waals surface area contributed by atoms with Crippen LogP contribution < -0.4 is 0 Å². The van der Waals surface area contributed by atoms with Gasteiger partial charge in [-0.05, 0) is 43.4 Å². The van der Waals surface area contributed by atoms with Gasteiger partial charge in [0.05, 0.1) is 0 Å². The van der Waals surface area contributed by atoms with Gasteiger partial charge in [0.15, 0.2) is 5.67 Å². The van der Waals surface area contributed by atoms with Crippen molar-refractivity contribution in [2.24, 2.45) is 35.5 Å². The number of halogens is 3. The average Bonchev–Trinajstić information content (AvgIpc) is 2.89. The van der Waals surface area contributed by atoms with Crippen molar-refractivity contribution in [2.75, 3.05) is 0 Å². The fraction of sp³-hybridized carbons (Fsp3) is 0.846. The maximum atomic E-state index is 14.3. The third kappa shape index (κ3) is 0.741. The van der Waals surface area contributed by atoms with Gasteiger partial charge in [-0.2, -0.15) is 0 Å². The van der Waals surface area contributed by atoms with E-state index in [1.165, 1.54) is 0 Å². The molecule has 0 nitrogen and oxygen atoms in total. The molecular formula is C13H15F3. The van der Waals surface area contributed by atoms with E-state index in [1.54, 1.807) is 0 Å². The second-order valence-corrected chi connectivity index (χ2v) is 6.25. The van der Waals surface area contributed by atoms with Gasteiger partial charge in [-0.1, -0.05) is 12.2 Å². The van der Waals surface area contributed by atoms with Crippen molar-refractivity contribution in [3.8, 4) is 0 Å². The van der Waals surface area contributed by atoms with Crippen molar-refractivity contribution in [3.05, 3.63) is 12.2 Å². The van der Waals surface area contributed by atoms with E-state index in [0.717, 1.165) is 13.3 Å². The van der Waals surface area contributed by atoms with Gasteiger partial charge in [0.25, 0.3) is 5.92 Å². The van der Waals surface area contributed by atoms with Crippen LogP contribution in [0.25, 0.3) is 0 Å². The lowest BCUT2D eigenvalue weighted by atomic mass is 9.67. The van der Waals surface area contributed by atoms with Crippen molar-refractivity contribution >= 4 is 0 Å². The molecule has 7 atom stereocenters. The van der Waals surface area contributed by atoms with Crippen molar-refractivity contribution < 1.29 is 13.2 Å². The number of hydrogen-bond acceptors (Lipinski definition) is 0. The minimum Gasteiger partial charge on any atom is -0.237 e. The van der Waals surface area contributed by atoms with E-state index in [9.17, 15) is 13.2 Å². The third-order valence-corrected chi connectivity index (χ3v) is 5.83. The fourth-order valence-electron chi connectivity index (χ4n) is 5.20. The van der Waals surface area contributed by atoms with Crippen LogP contribution in [0.15, 0.2) is 12.2 Å². The molecule has 4 rings (SSSR count). The minimum atomic E-state index is -3.10. The molecule has 0 aromatic rings. The summed E-state index contributed by atoms with van der Waals surface area (Å²) >= 11 is 0. The lowest BCUT2D eigenvalue weighted by Gasteiger charge is -2.43. The molecule has 0 amide bonds. The Morgan fingerprint density at radius 2 is 1.50 bits per heavy atom. The van der Waals surface area contributed by atoms with Gasteiger partial charge >= 0.3 is 0 Å². The highest BCUT2D eigenvalue weighted by atomic mass is 19.3. The fourth-order valence-corrected chi connectivity index (χ4v) is 5.20. The zero-order valence-electron chi connectivity index (χ0n) is 9.17. The van der Waals surface area contributed by atoms with Crippen LogP contribution in [-0.4, -0.2) is 11.6 Å². The SMILES string of the molecule is CC1(F)C2CC(C3C4C=CC(C4)C32)C1(F)F. The highest BCUT2D eigenvalue weighted by Gasteiger charge is 2.77. The predicted molar refractivity (Wildman–Crippen MR) is 53.8 cm³/mol. The Morgan fingerprint density at radius 3 is 2.12 bits per heavy atom. The van der Waals surface area contributed by atoms with Crippen LogP contribution in [0.4, 0.5) is 13.2 Å². The van der Waals surface area contributed by atoms with Gasteiger partial charge in [0.2, 0.25) is 0 Å². The summed E-state index contributed by atoms with van der Waals surface area (Å²) in [5, 5.41) is 0. The van der Waals surface area contributed by atoms with Crippen LogP contribution in [0, 0.1) is 35.5 Å². The van der Waals surface area contributed by atoms with Crippen molar-refractivity contribution in [2.45, 2.75) is 31.4 Å². The Balaban J connectivity index is 1.83. The van der Waals surface area contributed by atoms with E-state index < -0.39 is 23.4 Å². The lowest BCUT2D eigenvalue weighted by Crippen LogP contribution is -2.53. The highest BCUT2D eigenvalue weighted by molar-refractivity contribution is 5.26. The Morgan fingerprint density at radius 1 is 0.938 bits per heavy atom. The van der Waals surface area contributed by atoms with Crippen LogP contribution in [0.3, 0.4) is 0 Å². The van der Waals surface area contributed by atoms with E-state index in [2.05, 4.69) is 12.2 Å². The molecule has 7 unspecified atom stereocenters. The first-order valence-electron chi connectivity index (χ1n) is 6.19. The molecule has 0 spiro atoms. The number of fused-ring (bicyclic) bond motifs is 9. The molecule has 0 aliphatic heterocycles. The van der Waals surface area contributed by atoms with E-state index in [1.807, 2.05) is 0 Å². The first kappa shape index (κ1) is 9.55. The molecule has 3 fully saturated rings. The average molecular weight is 228 g/mol. The van der Waals surface area contributed by atoms with Crippen LogP contribution in [-0.2, 0) is 0 Å². The summed E-state index contributed by atoms with van der Waals surface area (Å²) in [5.74, 6) is -3.23. The van der Waals surface area contributed by atoms with Gasteiger partial charge in [-0.3, -0.25) is 0 Å². The molecule has 3 heteroatoms. The predicted octanol–water partition coefficient (Wildman–Crippen LogP) is 3.44. The molecule has 4 aliphatic carbocycles. The zero-order chi connectivity index (χ0) is 11.3. The first-order chi connectivity index (χ1) is 7.44. The molecule has 3 saturated carbocycles. The molecular weight excluding hydrogens is 213 g/mol. The van der Waals surface area contributed by atoms with E-state index >= 15 is 0 Å². The Kier molecular flexibility index (Phi) is 1.41. The Labute approximate surface area is 92.9 Å². The molecule has 4 bridgehead atoms. The summed E-state index contributed by atoms with van der Waals surface area (Å²) in [4.78, 5) is 0. The van der Waals surface area contributed by atoms with E-state index in [0.29, 0.717) is 18.3 Å². The zero-order valence-corrected chi connectivity index (χ0v) is 9.17. The van der Waals surface area contributed by atoms with Crippen LogP contribution >= 0.6 is 0 Å². The Bertz CT molecular complexity index is 351. The van der Waals surface area contributed by atoms with Crippen molar-refractivity contribution in [1.29, 1.82) is 0 Å². The second-order valence-electron chi connectivity index (χ2n) is 6.25. The van der Waals surface area contributed by atoms with Crippen LogP contribution in [0.2, 0.25) is 0 Å². The number of hydrogen-bond donors (Lipinski definition) is 0. The summed E-state index contributed by atoms with van der Waals surface area (Å²) < 4.78 is 42.2. The van der Waals surface area contributed by atoms with E-state index in [4.69, 9.17) is 0 Å². The molecule has 0 saturated heterocycles. The summed E-state index contributed by atoms with van der Waals surface area (Å²) in [6.07, 6.45) is 5.64. The molecule has 0 radical (unpaired) electrons. The molecule has 0 aromatic carbocycles. The third-order valence-electron chi connectivity index (χ3n) is 5.83. The first-order valence-corrected chi connectivity index (χ1v) is 6.19. The highest BCUT2D eigenvalue weighted by Crippen LogP contribution is 2.72. The molecule has 88 valence electrons. The van der Waals surface area contributed by atoms with Gasteiger partial charge in [0.1, 0.15) is 0 Å². The molecule has 4 aliphatic rings. The summed E-state index contributed by atoms with van der Waals surface area (Å²) in [5.41, 5.74) is -2.27. The molecule has 16 heavy (non-hydrogen) atoms. The van der Waals surface area contributed by atoms with Gasteiger partial charge in [-0.25, -0.2) is 13.2 Å². The van der Waals surface area contributed by atoms with E-state index in [-0.39, 0.29) is 11.8 Å². The van der Waals surface area contributed by atoms with Gasteiger partial charge in [-0.15, -0.1) is 0 Å². The number of allylic oxidation sites excluding steroid dienone is 2. The smallest absolute Gasteiger partial charge is 0.237 e. The Hall–Kier alpha value is -0.470. The molecule has 0 heterocycles. The normalized spacial score (nSPS) is 64.2. The van der Waals surface area contributed by atoms with Gasteiger partial charge in [0, 0.05) is 11.8 Å². The summed E-state index contributed by atoms with van der Waals surface area (Å²) in [7, 11) is 0. The maximum Gasteiger partial charge on any atom is 0.284 e. The largest absolute Gasteiger partial charge is 0.284 e.